The Bertz CT molecular complexity index is 419. The summed E-state index contributed by atoms with van der Waals surface area (Å²) in [4.78, 5) is 21.8. The number of hydrogen-bond donors (Lipinski definition) is 4. The van der Waals surface area contributed by atoms with Crippen molar-refractivity contribution in [3.05, 3.63) is 29.8 Å². The quantitative estimate of drug-likeness (QED) is 0.509. The van der Waals surface area contributed by atoms with Crippen molar-refractivity contribution in [2.45, 2.75) is 6.54 Å². The second-order valence-electron chi connectivity index (χ2n) is 3.80. The van der Waals surface area contributed by atoms with Crippen molar-refractivity contribution >= 4 is 17.6 Å². The first-order chi connectivity index (χ1) is 9.11. The molecule has 3 amide bonds. The van der Waals surface area contributed by atoms with Crippen LogP contribution in [0.2, 0.25) is 0 Å². The second kappa shape index (κ2) is 8.06. The maximum Gasteiger partial charge on any atom is 0.319 e. The third-order valence-electron chi connectivity index (χ3n) is 2.22. The number of urea groups is 1. The van der Waals surface area contributed by atoms with Crippen molar-refractivity contribution in [3.8, 4) is 0 Å². The van der Waals surface area contributed by atoms with Gasteiger partial charge in [-0.2, -0.15) is 0 Å². The predicted octanol–water partition coefficient (Wildman–Crippen LogP) is -0.231. The summed E-state index contributed by atoms with van der Waals surface area (Å²) in [5.74, 6) is -0.538. The number of amides is 3. The van der Waals surface area contributed by atoms with Crippen LogP contribution in [0.25, 0.3) is 0 Å². The van der Waals surface area contributed by atoms with E-state index in [4.69, 9.17) is 16.2 Å². The van der Waals surface area contributed by atoms with Gasteiger partial charge in [0, 0.05) is 18.8 Å². The summed E-state index contributed by atoms with van der Waals surface area (Å²) in [5, 5.41) is 5.24. The van der Waals surface area contributed by atoms with Crippen LogP contribution in [-0.2, 0) is 16.1 Å². The summed E-state index contributed by atoms with van der Waals surface area (Å²) in [7, 11) is 0. The van der Waals surface area contributed by atoms with Crippen molar-refractivity contribution in [2.75, 3.05) is 25.1 Å². The summed E-state index contributed by atoms with van der Waals surface area (Å²) in [6, 6.07) is 6.87. The molecule has 1 rings (SSSR count). The molecule has 0 bridgehead atoms. The molecule has 0 spiro atoms. The Morgan fingerprint density at radius 2 is 1.89 bits per heavy atom. The average Bonchev–Trinajstić information content (AvgIpc) is 2.39. The van der Waals surface area contributed by atoms with Gasteiger partial charge in [-0.1, -0.05) is 12.1 Å². The lowest BCUT2D eigenvalue weighted by Crippen LogP contribution is -2.32. The Morgan fingerprint density at radius 1 is 1.21 bits per heavy atom. The van der Waals surface area contributed by atoms with Crippen LogP contribution in [0.5, 0.6) is 0 Å². The first-order valence-electron chi connectivity index (χ1n) is 5.81. The maximum atomic E-state index is 11.5. The van der Waals surface area contributed by atoms with E-state index in [0.29, 0.717) is 18.8 Å². The van der Waals surface area contributed by atoms with Gasteiger partial charge in [0.05, 0.1) is 6.61 Å². The van der Waals surface area contributed by atoms with Crippen LogP contribution in [0.1, 0.15) is 5.56 Å². The summed E-state index contributed by atoms with van der Waals surface area (Å²) in [6.45, 7) is 0.829. The van der Waals surface area contributed by atoms with Crippen molar-refractivity contribution in [1.29, 1.82) is 0 Å². The molecule has 7 nitrogen and oxygen atoms in total. The van der Waals surface area contributed by atoms with Crippen LogP contribution in [0.3, 0.4) is 0 Å². The fourth-order valence-corrected chi connectivity index (χ4v) is 1.31. The number of primary amides is 1. The van der Waals surface area contributed by atoms with Gasteiger partial charge < -0.3 is 26.8 Å². The smallest absolute Gasteiger partial charge is 0.319 e. The lowest BCUT2D eigenvalue weighted by molar-refractivity contribution is -0.122. The van der Waals surface area contributed by atoms with Gasteiger partial charge in [0.1, 0.15) is 6.61 Å². The number of nitrogens with two attached hydrogens (primary N) is 2. The Hall–Kier alpha value is -2.12. The summed E-state index contributed by atoms with van der Waals surface area (Å²) in [6.07, 6.45) is 0. The molecule has 0 saturated carbocycles. The number of anilines is 1. The lowest BCUT2D eigenvalue weighted by Gasteiger charge is -2.08. The van der Waals surface area contributed by atoms with Gasteiger partial charge in [0.25, 0.3) is 0 Å². The maximum absolute atomic E-state index is 11.5. The second-order valence-corrected chi connectivity index (χ2v) is 3.80. The molecule has 0 unspecified atom stereocenters. The number of carbonyl (C=O) groups excluding carboxylic acids is 2. The van der Waals surface area contributed by atoms with E-state index >= 15 is 0 Å². The van der Waals surface area contributed by atoms with E-state index in [0.717, 1.165) is 5.56 Å². The molecule has 1 aromatic rings. The number of hydrogen-bond acceptors (Lipinski definition) is 4. The van der Waals surface area contributed by atoms with Crippen molar-refractivity contribution in [2.24, 2.45) is 11.5 Å². The molecule has 0 heterocycles. The van der Waals surface area contributed by atoms with E-state index in [1.165, 1.54) is 0 Å². The van der Waals surface area contributed by atoms with Gasteiger partial charge in [-0.25, -0.2) is 4.79 Å². The minimum atomic E-state index is -0.538. The average molecular weight is 266 g/mol. The van der Waals surface area contributed by atoms with E-state index in [2.05, 4.69) is 10.6 Å². The van der Waals surface area contributed by atoms with Gasteiger partial charge in [-0.3, -0.25) is 4.79 Å². The molecule has 0 atom stereocenters. The summed E-state index contributed by atoms with van der Waals surface area (Å²) < 4.78 is 4.90. The molecule has 1 aromatic carbocycles. The minimum Gasteiger partial charge on any atom is -0.370 e. The molecule has 0 fully saturated rings. The minimum absolute atomic E-state index is 0.149. The zero-order valence-corrected chi connectivity index (χ0v) is 10.5. The lowest BCUT2D eigenvalue weighted by atomic mass is 10.2. The Labute approximate surface area is 111 Å². The van der Waals surface area contributed by atoms with Crippen LogP contribution >= 0.6 is 0 Å². The zero-order chi connectivity index (χ0) is 14.1. The molecule has 104 valence electrons. The third kappa shape index (κ3) is 6.39. The Morgan fingerprint density at radius 3 is 2.47 bits per heavy atom. The van der Waals surface area contributed by atoms with Gasteiger partial charge in [-0.15, -0.1) is 0 Å². The van der Waals surface area contributed by atoms with Crippen LogP contribution in [-0.4, -0.2) is 31.7 Å². The number of benzene rings is 1. The Kier molecular flexibility index (Phi) is 6.34. The number of ether oxygens (including phenoxy) is 1. The van der Waals surface area contributed by atoms with Crippen LogP contribution in [0.15, 0.2) is 24.3 Å². The zero-order valence-electron chi connectivity index (χ0n) is 10.5. The van der Waals surface area contributed by atoms with E-state index in [1.807, 2.05) is 12.1 Å². The molecule has 19 heavy (non-hydrogen) atoms. The van der Waals surface area contributed by atoms with E-state index in [9.17, 15) is 9.59 Å². The molecular formula is C12H18N4O3. The molecule has 0 aliphatic carbocycles. The molecule has 0 aliphatic heterocycles. The predicted molar refractivity (Wildman–Crippen MR) is 71.4 cm³/mol. The van der Waals surface area contributed by atoms with Crippen molar-refractivity contribution < 1.29 is 14.3 Å². The highest BCUT2D eigenvalue weighted by molar-refractivity contribution is 5.89. The van der Waals surface area contributed by atoms with Crippen LogP contribution < -0.4 is 22.1 Å². The van der Waals surface area contributed by atoms with Crippen molar-refractivity contribution in [3.63, 3.8) is 0 Å². The summed E-state index contributed by atoms with van der Waals surface area (Å²) >= 11 is 0. The fourth-order valence-electron chi connectivity index (χ4n) is 1.31. The van der Waals surface area contributed by atoms with Crippen LogP contribution in [0.4, 0.5) is 10.5 Å². The normalized spacial score (nSPS) is 9.95. The molecule has 0 radical (unpaired) electrons. The third-order valence-corrected chi connectivity index (χ3v) is 2.22. The molecule has 0 saturated heterocycles. The van der Waals surface area contributed by atoms with Gasteiger partial charge in [0.15, 0.2) is 0 Å². The SMILES string of the molecule is NCc1ccc(NC(=O)NCCOCC(N)=O)cc1. The molecule has 0 aromatic heterocycles. The molecule has 6 N–H and O–H groups in total. The van der Waals surface area contributed by atoms with Gasteiger partial charge in [0.2, 0.25) is 5.91 Å². The number of carbonyl (C=O) groups is 2. The molecule has 0 aliphatic rings. The van der Waals surface area contributed by atoms with E-state index < -0.39 is 5.91 Å². The summed E-state index contributed by atoms with van der Waals surface area (Å²) in [5.41, 5.74) is 12.0. The topological polar surface area (TPSA) is 119 Å². The molecular weight excluding hydrogens is 248 g/mol. The fraction of sp³-hybridized carbons (Fsp3) is 0.333. The highest BCUT2D eigenvalue weighted by Gasteiger charge is 2.01. The first-order valence-corrected chi connectivity index (χ1v) is 5.81. The van der Waals surface area contributed by atoms with Gasteiger partial charge in [-0.05, 0) is 17.7 Å². The standard InChI is InChI=1S/C12H18N4O3/c13-7-9-1-3-10(4-2-9)16-12(18)15-5-6-19-8-11(14)17/h1-4H,5-8,13H2,(H2,14,17)(H2,15,16,18). The highest BCUT2D eigenvalue weighted by Crippen LogP contribution is 2.08. The van der Waals surface area contributed by atoms with Crippen molar-refractivity contribution in [1.82, 2.24) is 5.32 Å². The van der Waals surface area contributed by atoms with Gasteiger partial charge >= 0.3 is 6.03 Å². The first kappa shape index (κ1) is 14.9. The monoisotopic (exact) mass is 266 g/mol. The number of nitrogens with one attached hydrogen (secondary N) is 2. The highest BCUT2D eigenvalue weighted by atomic mass is 16.5. The van der Waals surface area contributed by atoms with Crippen LogP contribution in [0, 0.1) is 0 Å². The number of rotatable bonds is 7. The molecule has 7 heteroatoms. The Balaban J connectivity index is 2.21. The van der Waals surface area contributed by atoms with E-state index in [-0.39, 0.29) is 19.2 Å². The largest absolute Gasteiger partial charge is 0.370 e. The van der Waals surface area contributed by atoms with E-state index in [1.54, 1.807) is 12.1 Å².